The summed E-state index contributed by atoms with van der Waals surface area (Å²) < 4.78 is 1.92. The van der Waals surface area contributed by atoms with E-state index < -0.39 is 0 Å². The van der Waals surface area contributed by atoms with Crippen LogP contribution in [0, 0.1) is 6.92 Å². The van der Waals surface area contributed by atoms with E-state index in [-0.39, 0.29) is 0 Å². The third kappa shape index (κ3) is 1.57. The fourth-order valence-electron chi connectivity index (χ4n) is 1.51. The summed E-state index contributed by atoms with van der Waals surface area (Å²) in [7, 11) is 1.98. The summed E-state index contributed by atoms with van der Waals surface area (Å²) in [5.41, 5.74) is 3.56. The van der Waals surface area contributed by atoms with Crippen LogP contribution in [0.25, 0.3) is 5.57 Å². The molecule has 0 radical (unpaired) electrons. The van der Waals surface area contributed by atoms with Gasteiger partial charge in [0.2, 0.25) is 0 Å². The highest BCUT2D eigenvalue weighted by molar-refractivity contribution is 5.72. The summed E-state index contributed by atoms with van der Waals surface area (Å²) in [6.07, 6.45) is 8.92. The number of rotatable bonds is 1. The molecule has 1 aromatic heterocycles. The van der Waals surface area contributed by atoms with Crippen LogP contribution >= 0.6 is 0 Å². The third-order valence-corrected chi connectivity index (χ3v) is 2.40. The van der Waals surface area contributed by atoms with E-state index in [1.54, 1.807) is 0 Å². The van der Waals surface area contributed by atoms with Gasteiger partial charge in [-0.25, -0.2) is 0 Å². The van der Waals surface area contributed by atoms with E-state index in [4.69, 9.17) is 0 Å². The molecule has 2 heteroatoms. The summed E-state index contributed by atoms with van der Waals surface area (Å²) in [6.45, 7) is 2.07. The van der Waals surface area contributed by atoms with Crippen molar-refractivity contribution in [1.29, 1.82) is 0 Å². The lowest BCUT2D eigenvalue weighted by Crippen LogP contribution is -1.93. The third-order valence-electron chi connectivity index (χ3n) is 2.40. The average Bonchev–Trinajstić information content (AvgIpc) is 2.49. The fraction of sp³-hybridized carbons (Fsp3) is 0.364. The Bertz CT molecular complexity index is 350. The number of hydrogen-bond donors (Lipinski definition) is 0. The van der Waals surface area contributed by atoms with E-state index in [1.165, 1.54) is 11.3 Å². The maximum absolute atomic E-state index is 4.43. The second-order valence-corrected chi connectivity index (χ2v) is 3.43. The normalized spacial score (nSPS) is 16.0. The van der Waals surface area contributed by atoms with Crippen molar-refractivity contribution >= 4 is 5.57 Å². The highest BCUT2D eigenvalue weighted by Gasteiger charge is 2.05. The molecule has 2 rings (SSSR count). The summed E-state index contributed by atoms with van der Waals surface area (Å²) in [6, 6.07) is 2.13. The lowest BCUT2D eigenvalue weighted by Gasteiger charge is -2.02. The molecule has 0 unspecified atom stereocenters. The molecular formula is C11H14N2. The Labute approximate surface area is 78.6 Å². The Morgan fingerprint density at radius 2 is 2.23 bits per heavy atom. The van der Waals surface area contributed by atoms with E-state index in [2.05, 4.69) is 36.3 Å². The lowest BCUT2D eigenvalue weighted by atomic mass is 10.0. The van der Waals surface area contributed by atoms with Crippen LogP contribution in [0.5, 0.6) is 0 Å². The van der Waals surface area contributed by atoms with Gasteiger partial charge in [0.1, 0.15) is 0 Å². The van der Waals surface area contributed by atoms with Crippen molar-refractivity contribution in [3.05, 3.63) is 35.7 Å². The number of allylic oxidation sites excluding steroid dienone is 4. The van der Waals surface area contributed by atoms with E-state index in [0.29, 0.717) is 0 Å². The Morgan fingerprint density at radius 3 is 2.77 bits per heavy atom. The lowest BCUT2D eigenvalue weighted by molar-refractivity contribution is 0.736. The van der Waals surface area contributed by atoms with Gasteiger partial charge in [-0.05, 0) is 31.4 Å². The van der Waals surface area contributed by atoms with Crippen LogP contribution < -0.4 is 0 Å². The van der Waals surface area contributed by atoms with Crippen molar-refractivity contribution < 1.29 is 0 Å². The Hall–Kier alpha value is -1.31. The number of nitrogens with zero attached hydrogens (tertiary/aromatic N) is 2. The molecule has 68 valence electrons. The largest absolute Gasteiger partial charge is 0.272 e. The molecule has 0 aromatic carbocycles. The summed E-state index contributed by atoms with van der Waals surface area (Å²) in [5, 5.41) is 4.43. The Kier molecular flexibility index (Phi) is 2.05. The average molecular weight is 174 g/mol. The SMILES string of the molecule is Cc1cc(C2=CCCC=C2)nn1C. The quantitative estimate of drug-likeness (QED) is 0.639. The van der Waals surface area contributed by atoms with Crippen molar-refractivity contribution in [2.24, 2.45) is 7.05 Å². The molecule has 2 nitrogen and oxygen atoms in total. The van der Waals surface area contributed by atoms with Gasteiger partial charge in [-0.15, -0.1) is 0 Å². The van der Waals surface area contributed by atoms with Gasteiger partial charge in [0.05, 0.1) is 5.69 Å². The van der Waals surface area contributed by atoms with Crippen molar-refractivity contribution in [1.82, 2.24) is 9.78 Å². The zero-order chi connectivity index (χ0) is 9.26. The maximum atomic E-state index is 4.43. The van der Waals surface area contributed by atoms with Crippen LogP contribution in [0.3, 0.4) is 0 Å². The Morgan fingerprint density at radius 1 is 1.38 bits per heavy atom. The first-order valence-corrected chi connectivity index (χ1v) is 4.65. The molecule has 1 heterocycles. The summed E-state index contributed by atoms with van der Waals surface area (Å²) >= 11 is 0. The van der Waals surface area contributed by atoms with Crippen molar-refractivity contribution in [2.75, 3.05) is 0 Å². The molecule has 1 aromatic rings. The molecule has 13 heavy (non-hydrogen) atoms. The van der Waals surface area contributed by atoms with Crippen LogP contribution in [0.1, 0.15) is 24.2 Å². The summed E-state index contributed by atoms with van der Waals surface area (Å²) in [5.74, 6) is 0. The van der Waals surface area contributed by atoms with Gasteiger partial charge in [-0.2, -0.15) is 5.10 Å². The van der Waals surface area contributed by atoms with E-state index in [9.17, 15) is 0 Å². The standard InChI is InChI=1S/C11H14N2/c1-9-8-11(12-13(9)2)10-6-4-3-5-7-10/h4,6-8H,3,5H2,1-2H3. The molecule has 0 saturated heterocycles. The zero-order valence-electron chi connectivity index (χ0n) is 8.12. The van der Waals surface area contributed by atoms with Crippen LogP contribution in [-0.4, -0.2) is 9.78 Å². The van der Waals surface area contributed by atoms with E-state index in [1.807, 2.05) is 11.7 Å². The smallest absolute Gasteiger partial charge is 0.0922 e. The number of aryl methyl sites for hydroxylation is 2. The van der Waals surface area contributed by atoms with Crippen LogP contribution in [0.2, 0.25) is 0 Å². The van der Waals surface area contributed by atoms with Crippen LogP contribution in [-0.2, 0) is 7.05 Å². The fourth-order valence-corrected chi connectivity index (χ4v) is 1.51. The maximum Gasteiger partial charge on any atom is 0.0922 e. The van der Waals surface area contributed by atoms with Gasteiger partial charge < -0.3 is 0 Å². The molecule has 0 spiro atoms. The molecule has 0 amide bonds. The monoisotopic (exact) mass is 174 g/mol. The topological polar surface area (TPSA) is 17.8 Å². The van der Waals surface area contributed by atoms with Gasteiger partial charge in [-0.3, -0.25) is 4.68 Å². The second-order valence-electron chi connectivity index (χ2n) is 3.43. The molecule has 1 aliphatic rings. The molecule has 0 fully saturated rings. The minimum absolute atomic E-state index is 1.09. The van der Waals surface area contributed by atoms with Crippen LogP contribution in [0.15, 0.2) is 24.3 Å². The highest BCUT2D eigenvalue weighted by atomic mass is 15.3. The molecular weight excluding hydrogens is 160 g/mol. The van der Waals surface area contributed by atoms with Gasteiger partial charge in [0.15, 0.2) is 0 Å². The van der Waals surface area contributed by atoms with E-state index in [0.717, 1.165) is 18.5 Å². The van der Waals surface area contributed by atoms with E-state index >= 15 is 0 Å². The number of aromatic nitrogens is 2. The van der Waals surface area contributed by atoms with Crippen molar-refractivity contribution in [3.63, 3.8) is 0 Å². The minimum Gasteiger partial charge on any atom is -0.272 e. The predicted molar refractivity (Wildman–Crippen MR) is 54.3 cm³/mol. The van der Waals surface area contributed by atoms with Gasteiger partial charge in [0.25, 0.3) is 0 Å². The van der Waals surface area contributed by atoms with Crippen molar-refractivity contribution in [2.45, 2.75) is 19.8 Å². The van der Waals surface area contributed by atoms with Gasteiger partial charge in [-0.1, -0.05) is 18.2 Å². The minimum atomic E-state index is 1.09. The molecule has 0 bridgehead atoms. The summed E-state index contributed by atoms with van der Waals surface area (Å²) in [4.78, 5) is 0. The van der Waals surface area contributed by atoms with Gasteiger partial charge in [0, 0.05) is 12.7 Å². The molecule has 0 atom stereocenters. The molecule has 0 saturated carbocycles. The van der Waals surface area contributed by atoms with Crippen LogP contribution in [0.4, 0.5) is 0 Å². The molecule has 0 aliphatic heterocycles. The zero-order valence-corrected chi connectivity index (χ0v) is 8.12. The first-order valence-electron chi connectivity index (χ1n) is 4.65. The predicted octanol–water partition coefficient (Wildman–Crippen LogP) is 2.46. The highest BCUT2D eigenvalue weighted by Crippen LogP contribution is 2.20. The van der Waals surface area contributed by atoms with Crippen molar-refractivity contribution in [3.8, 4) is 0 Å². The second kappa shape index (κ2) is 3.21. The first kappa shape index (κ1) is 8.30. The van der Waals surface area contributed by atoms with Gasteiger partial charge >= 0.3 is 0 Å². The molecule has 0 N–H and O–H groups in total. The molecule has 1 aliphatic carbocycles. The number of hydrogen-bond acceptors (Lipinski definition) is 1. The Balaban J connectivity index is 2.35. The first-order chi connectivity index (χ1) is 6.27.